The van der Waals surface area contributed by atoms with Crippen LogP contribution in [0.1, 0.15) is 11.1 Å². The van der Waals surface area contributed by atoms with Gasteiger partial charge in [0.2, 0.25) is 0 Å². The third-order valence-corrected chi connectivity index (χ3v) is 3.30. The fourth-order valence-corrected chi connectivity index (χ4v) is 2.28. The van der Waals surface area contributed by atoms with Gasteiger partial charge < -0.3 is 5.73 Å². The summed E-state index contributed by atoms with van der Waals surface area (Å²) in [4.78, 5) is -1.46. The number of hydrogen-bond donors (Lipinski definition) is 1. The summed E-state index contributed by atoms with van der Waals surface area (Å²) in [6.45, 7) is 0. The van der Waals surface area contributed by atoms with Gasteiger partial charge in [0.25, 0.3) is 0 Å². The van der Waals surface area contributed by atoms with Crippen LogP contribution in [0.5, 0.6) is 0 Å². The molecule has 0 atom stereocenters. The van der Waals surface area contributed by atoms with Crippen molar-refractivity contribution in [3.8, 4) is 0 Å². The average Bonchev–Trinajstić information content (AvgIpc) is 2.11. The summed E-state index contributed by atoms with van der Waals surface area (Å²) in [5.74, 6) is 0. The van der Waals surface area contributed by atoms with Crippen LogP contribution in [0.25, 0.3) is 0 Å². The van der Waals surface area contributed by atoms with Gasteiger partial charge >= 0.3 is 12.4 Å². The number of halogens is 6. The summed E-state index contributed by atoms with van der Waals surface area (Å²) in [7, 11) is -4.49. The third-order valence-electron chi connectivity index (χ3n) is 2.16. The van der Waals surface area contributed by atoms with Crippen molar-refractivity contribution >= 4 is 15.5 Å². The second-order valence-corrected chi connectivity index (χ2v) is 5.69. The molecule has 0 aliphatic rings. The van der Waals surface area contributed by atoms with E-state index in [1.54, 1.807) is 0 Å². The zero-order chi connectivity index (χ0) is 15.2. The summed E-state index contributed by atoms with van der Waals surface area (Å²) in [5.41, 5.74) is 0.368. The van der Waals surface area contributed by atoms with E-state index in [1.807, 2.05) is 0 Å². The molecule has 2 N–H and O–H groups in total. The topological polar surface area (TPSA) is 60.2 Å². The van der Waals surface area contributed by atoms with Crippen LogP contribution in [0, 0.1) is 0 Å². The molecule has 0 saturated heterocycles. The van der Waals surface area contributed by atoms with E-state index in [9.17, 15) is 34.8 Å². The third kappa shape index (κ3) is 3.31. The van der Waals surface area contributed by atoms with E-state index in [4.69, 9.17) is 5.73 Å². The first-order valence-electron chi connectivity index (χ1n) is 4.52. The van der Waals surface area contributed by atoms with Gasteiger partial charge in [-0.15, -0.1) is 0 Å². The van der Waals surface area contributed by atoms with Crippen LogP contribution in [0.3, 0.4) is 0 Å². The molecule has 19 heavy (non-hydrogen) atoms. The van der Waals surface area contributed by atoms with E-state index in [2.05, 4.69) is 0 Å². The summed E-state index contributed by atoms with van der Waals surface area (Å²) in [6, 6.07) is -0.132. The lowest BCUT2D eigenvalue weighted by Crippen LogP contribution is -2.17. The van der Waals surface area contributed by atoms with Crippen molar-refractivity contribution < 1.29 is 34.8 Å². The molecule has 0 radical (unpaired) electrons. The van der Waals surface area contributed by atoms with Crippen LogP contribution in [-0.2, 0) is 22.2 Å². The van der Waals surface area contributed by atoms with Gasteiger partial charge in [-0.1, -0.05) is 0 Å². The summed E-state index contributed by atoms with van der Waals surface area (Å²) >= 11 is 0. The smallest absolute Gasteiger partial charge is 0.398 e. The summed E-state index contributed by atoms with van der Waals surface area (Å²) in [5, 5.41) is 0. The lowest BCUT2D eigenvalue weighted by Gasteiger charge is -2.16. The standard InChI is InChI=1S/C9H7F6NO2S/c1-19(17,18)7-3-4(8(10,11)12)6(16)2-5(7)9(13,14)15/h2-3H,16H2,1H3. The zero-order valence-electron chi connectivity index (χ0n) is 9.22. The fourth-order valence-electron chi connectivity index (χ4n) is 1.37. The van der Waals surface area contributed by atoms with Gasteiger partial charge in [0.05, 0.1) is 16.0 Å². The Bertz CT molecular complexity index is 602. The molecular weight excluding hydrogens is 300 g/mol. The van der Waals surface area contributed by atoms with Crippen LogP contribution in [0.4, 0.5) is 32.0 Å². The highest BCUT2D eigenvalue weighted by molar-refractivity contribution is 7.90. The molecular formula is C9H7F6NO2S. The normalized spacial score (nSPS) is 13.6. The second-order valence-electron chi connectivity index (χ2n) is 3.70. The predicted molar refractivity (Wildman–Crippen MR) is 54.0 cm³/mol. The highest BCUT2D eigenvalue weighted by Crippen LogP contribution is 2.41. The predicted octanol–water partition coefficient (Wildman–Crippen LogP) is 2.71. The van der Waals surface area contributed by atoms with Gasteiger partial charge in [-0.05, 0) is 12.1 Å². The van der Waals surface area contributed by atoms with Crippen molar-refractivity contribution in [3.05, 3.63) is 23.3 Å². The first-order chi connectivity index (χ1) is 8.24. The fraction of sp³-hybridized carbons (Fsp3) is 0.333. The molecule has 0 bridgehead atoms. The monoisotopic (exact) mass is 307 g/mol. The van der Waals surface area contributed by atoms with Gasteiger partial charge in [0.15, 0.2) is 9.84 Å². The SMILES string of the molecule is CS(=O)(=O)c1cc(C(F)(F)F)c(N)cc1C(F)(F)F. The quantitative estimate of drug-likeness (QED) is 0.641. The maximum atomic E-state index is 12.6. The van der Waals surface area contributed by atoms with Crippen molar-refractivity contribution in [2.24, 2.45) is 0 Å². The Morgan fingerprint density at radius 1 is 0.947 bits per heavy atom. The summed E-state index contributed by atoms with van der Waals surface area (Å²) < 4.78 is 97.6. The van der Waals surface area contributed by atoms with Crippen molar-refractivity contribution in [1.82, 2.24) is 0 Å². The average molecular weight is 307 g/mol. The molecule has 1 aromatic carbocycles. The first-order valence-corrected chi connectivity index (χ1v) is 6.41. The number of hydrogen-bond acceptors (Lipinski definition) is 3. The van der Waals surface area contributed by atoms with E-state index in [0.29, 0.717) is 6.26 Å². The molecule has 0 aromatic heterocycles. The van der Waals surface area contributed by atoms with Crippen LogP contribution < -0.4 is 5.73 Å². The molecule has 0 amide bonds. The minimum Gasteiger partial charge on any atom is -0.398 e. The van der Waals surface area contributed by atoms with Gasteiger partial charge in [-0.25, -0.2) is 8.42 Å². The number of anilines is 1. The minimum atomic E-state index is -5.13. The molecule has 0 fully saturated rings. The van der Waals surface area contributed by atoms with E-state index in [0.717, 1.165) is 0 Å². The van der Waals surface area contributed by atoms with E-state index >= 15 is 0 Å². The van der Waals surface area contributed by atoms with Gasteiger partial charge in [-0.3, -0.25) is 0 Å². The lowest BCUT2D eigenvalue weighted by atomic mass is 10.1. The molecule has 0 saturated carbocycles. The molecule has 0 aliphatic carbocycles. The van der Waals surface area contributed by atoms with Gasteiger partial charge in [0, 0.05) is 11.9 Å². The highest BCUT2D eigenvalue weighted by Gasteiger charge is 2.41. The van der Waals surface area contributed by atoms with Crippen LogP contribution in [0.15, 0.2) is 17.0 Å². The van der Waals surface area contributed by atoms with Crippen molar-refractivity contribution in [2.45, 2.75) is 17.2 Å². The second kappa shape index (κ2) is 4.29. The number of nitrogen functional groups attached to an aromatic ring is 1. The van der Waals surface area contributed by atoms with Gasteiger partial charge in [-0.2, -0.15) is 26.3 Å². The molecule has 1 rings (SSSR count). The van der Waals surface area contributed by atoms with Crippen LogP contribution in [-0.4, -0.2) is 14.7 Å². The van der Waals surface area contributed by atoms with Crippen molar-refractivity contribution in [1.29, 1.82) is 0 Å². The van der Waals surface area contributed by atoms with Crippen molar-refractivity contribution in [3.63, 3.8) is 0 Å². The Kier molecular flexibility index (Phi) is 3.52. The first kappa shape index (κ1) is 15.6. The number of sulfone groups is 1. The Morgan fingerprint density at radius 3 is 1.68 bits per heavy atom. The van der Waals surface area contributed by atoms with Crippen LogP contribution in [0.2, 0.25) is 0 Å². The molecule has 3 nitrogen and oxygen atoms in total. The van der Waals surface area contributed by atoms with E-state index < -0.39 is 43.9 Å². The highest BCUT2D eigenvalue weighted by atomic mass is 32.2. The molecule has 10 heteroatoms. The molecule has 0 unspecified atom stereocenters. The minimum absolute atomic E-state index is 0.0286. The molecule has 0 aliphatic heterocycles. The van der Waals surface area contributed by atoms with E-state index in [1.165, 1.54) is 0 Å². The lowest BCUT2D eigenvalue weighted by molar-refractivity contribution is -0.142. The maximum absolute atomic E-state index is 12.6. The molecule has 0 heterocycles. The summed E-state index contributed by atoms with van der Waals surface area (Å²) in [6.07, 6.45) is -9.79. The maximum Gasteiger partial charge on any atom is 0.418 e. The zero-order valence-corrected chi connectivity index (χ0v) is 10.0. The molecule has 1 aromatic rings. The van der Waals surface area contributed by atoms with Gasteiger partial charge in [0.1, 0.15) is 0 Å². The Morgan fingerprint density at radius 2 is 1.37 bits per heavy atom. The largest absolute Gasteiger partial charge is 0.418 e. The Labute approximate surface area is 103 Å². The van der Waals surface area contributed by atoms with E-state index in [-0.39, 0.29) is 12.1 Å². The number of benzene rings is 1. The number of rotatable bonds is 1. The van der Waals surface area contributed by atoms with Crippen LogP contribution >= 0.6 is 0 Å². The number of nitrogens with two attached hydrogens (primary N) is 1. The molecule has 108 valence electrons. The number of alkyl halides is 6. The van der Waals surface area contributed by atoms with Crippen molar-refractivity contribution in [2.75, 3.05) is 12.0 Å². The Balaban J connectivity index is 3.76. The molecule has 0 spiro atoms. The Hall–Kier alpha value is -1.45.